The van der Waals surface area contributed by atoms with E-state index in [0.29, 0.717) is 6.42 Å². The average Bonchev–Trinajstić information content (AvgIpc) is 3.28. The van der Waals surface area contributed by atoms with Gasteiger partial charge in [0.05, 0.1) is 10.6 Å². The van der Waals surface area contributed by atoms with Crippen LogP contribution < -0.4 is 0 Å². The number of hydrogen-bond acceptors (Lipinski definition) is 5. The van der Waals surface area contributed by atoms with Crippen molar-refractivity contribution in [3.8, 4) is 5.69 Å². The van der Waals surface area contributed by atoms with Gasteiger partial charge in [-0.1, -0.05) is 12.1 Å². The zero-order valence-corrected chi connectivity index (χ0v) is 17.3. The Labute approximate surface area is 174 Å². The van der Waals surface area contributed by atoms with Crippen molar-refractivity contribution in [1.29, 1.82) is 0 Å². The molecule has 0 N–H and O–H groups in total. The summed E-state index contributed by atoms with van der Waals surface area (Å²) < 4.78 is 46.0. The van der Waals surface area contributed by atoms with Crippen molar-refractivity contribution >= 4 is 16.0 Å². The number of esters is 1. The Kier molecular flexibility index (Phi) is 6.96. The largest absolute Gasteiger partial charge is 0.461 e. The Balaban J connectivity index is 1.43. The molecule has 0 bridgehead atoms. The maximum absolute atomic E-state index is 13.0. The normalized spacial score (nSPS) is 11.6. The van der Waals surface area contributed by atoms with Crippen LogP contribution in [0.2, 0.25) is 0 Å². The maximum atomic E-state index is 13.0. The first kappa shape index (κ1) is 21.7. The summed E-state index contributed by atoms with van der Waals surface area (Å²) in [6, 6.07) is 13.9. The minimum absolute atomic E-state index is 0.00698. The number of rotatable bonds is 9. The molecule has 3 rings (SSSR count). The molecule has 0 amide bonds. The fourth-order valence-corrected chi connectivity index (χ4v) is 3.96. The molecule has 30 heavy (non-hydrogen) atoms. The van der Waals surface area contributed by atoms with Gasteiger partial charge in [0, 0.05) is 32.4 Å². The van der Waals surface area contributed by atoms with E-state index in [-0.39, 0.29) is 24.5 Å². The van der Waals surface area contributed by atoms with Gasteiger partial charge >= 0.3 is 5.97 Å². The second kappa shape index (κ2) is 9.64. The smallest absolute Gasteiger partial charge is 0.306 e. The molecule has 0 aliphatic rings. The zero-order chi connectivity index (χ0) is 21.6. The molecule has 7 nitrogen and oxygen atoms in total. The Morgan fingerprint density at radius 2 is 1.83 bits per heavy atom. The van der Waals surface area contributed by atoms with Crippen LogP contribution in [-0.2, 0) is 26.2 Å². The first-order valence-corrected chi connectivity index (χ1v) is 10.8. The summed E-state index contributed by atoms with van der Waals surface area (Å²) in [5.41, 5.74) is 1.75. The Hall–Kier alpha value is -3.04. The second-order valence-corrected chi connectivity index (χ2v) is 8.71. The number of carbonyl (C=O) groups is 1. The lowest BCUT2D eigenvalue weighted by molar-refractivity contribution is -0.145. The molecule has 0 unspecified atom stereocenters. The van der Waals surface area contributed by atoms with Crippen LogP contribution in [0.3, 0.4) is 0 Å². The summed E-state index contributed by atoms with van der Waals surface area (Å²) in [6.07, 6.45) is 3.93. The molecule has 1 heterocycles. The van der Waals surface area contributed by atoms with Crippen molar-refractivity contribution in [2.24, 2.45) is 0 Å². The third kappa shape index (κ3) is 5.52. The van der Waals surface area contributed by atoms with E-state index in [4.69, 9.17) is 4.74 Å². The number of halogens is 1. The lowest BCUT2D eigenvalue weighted by atomic mass is 10.2. The van der Waals surface area contributed by atoms with E-state index in [1.807, 2.05) is 36.5 Å². The van der Waals surface area contributed by atoms with E-state index in [1.165, 1.54) is 19.2 Å². The van der Waals surface area contributed by atoms with Crippen LogP contribution in [0.1, 0.15) is 18.4 Å². The summed E-state index contributed by atoms with van der Waals surface area (Å²) in [7, 11) is -2.30. The SMILES string of the molecule is CN(CCCC(=O)OCc1ccc(-n2cccn2)cc1)S(=O)(=O)c1ccc(F)cc1. The molecule has 9 heteroatoms. The van der Waals surface area contributed by atoms with Gasteiger partial charge in [0.1, 0.15) is 12.4 Å². The van der Waals surface area contributed by atoms with Gasteiger partial charge in [-0.3, -0.25) is 4.79 Å². The van der Waals surface area contributed by atoms with Crippen molar-refractivity contribution in [1.82, 2.24) is 14.1 Å². The highest BCUT2D eigenvalue weighted by molar-refractivity contribution is 7.89. The van der Waals surface area contributed by atoms with Gasteiger partial charge in [0.15, 0.2) is 0 Å². The molecular weight excluding hydrogens is 409 g/mol. The molecule has 1 aromatic heterocycles. The standard InChI is InChI=1S/C21H22FN3O4S/c1-24(30(27,28)20-11-7-18(22)8-12-20)14-2-4-21(26)29-16-17-5-9-19(10-6-17)25-15-3-13-23-25/h3,5-13,15H,2,4,14,16H2,1H3. The van der Waals surface area contributed by atoms with Crippen LogP contribution in [0, 0.1) is 5.82 Å². The topological polar surface area (TPSA) is 81.5 Å². The molecule has 2 aromatic carbocycles. The predicted octanol–water partition coefficient (Wildman–Crippen LogP) is 3.16. The Bertz CT molecular complexity index is 1070. The van der Waals surface area contributed by atoms with Crippen molar-refractivity contribution in [3.63, 3.8) is 0 Å². The minimum Gasteiger partial charge on any atom is -0.461 e. The number of sulfonamides is 1. The number of aromatic nitrogens is 2. The Morgan fingerprint density at radius 3 is 2.47 bits per heavy atom. The monoisotopic (exact) mass is 431 g/mol. The summed E-state index contributed by atoms with van der Waals surface area (Å²) in [6.45, 7) is 0.287. The molecular formula is C21H22FN3O4S. The van der Waals surface area contributed by atoms with Crippen LogP contribution in [0.4, 0.5) is 4.39 Å². The number of hydrogen-bond donors (Lipinski definition) is 0. The zero-order valence-electron chi connectivity index (χ0n) is 16.4. The average molecular weight is 431 g/mol. The molecule has 0 radical (unpaired) electrons. The summed E-state index contributed by atoms with van der Waals surface area (Å²) in [4.78, 5) is 12.0. The molecule has 0 saturated heterocycles. The van der Waals surface area contributed by atoms with Gasteiger partial charge in [-0.05, 0) is 54.4 Å². The van der Waals surface area contributed by atoms with Gasteiger partial charge < -0.3 is 4.74 Å². The first-order chi connectivity index (χ1) is 14.4. The van der Waals surface area contributed by atoms with E-state index in [0.717, 1.165) is 27.7 Å². The van der Waals surface area contributed by atoms with Gasteiger partial charge in [0.25, 0.3) is 0 Å². The van der Waals surface area contributed by atoms with Crippen molar-refractivity contribution < 1.29 is 22.3 Å². The Morgan fingerprint density at radius 1 is 1.13 bits per heavy atom. The van der Waals surface area contributed by atoms with Gasteiger partial charge in [-0.2, -0.15) is 5.10 Å². The third-order valence-corrected chi connectivity index (χ3v) is 6.35. The number of nitrogens with zero attached hydrogens (tertiary/aromatic N) is 3. The molecule has 0 saturated carbocycles. The molecule has 3 aromatic rings. The fraction of sp³-hybridized carbons (Fsp3) is 0.238. The number of carbonyl (C=O) groups excluding carboxylic acids is 1. The van der Waals surface area contributed by atoms with Gasteiger partial charge in [-0.15, -0.1) is 0 Å². The molecule has 0 aliphatic carbocycles. The van der Waals surface area contributed by atoms with E-state index < -0.39 is 21.8 Å². The third-order valence-electron chi connectivity index (χ3n) is 4.48. The molecule has 0 atom stereocenters. The van der Waals surface area contributed by atoms with Crippen molar-refractivity contribution in [3.05, 3.63) is 78.4 Å². The molecule has 0 fully saturated rings. The van der Waals surface area contributed by atoms with Gasteiger partial charge in [0.2, 0.25) is 10.0 Å². The van der Waals surface area contributed by atoms with E-state index in [9.17, 15) is 17.6 Å². The number of ether oxygens (including phenoxy) is 1. The summed E-state index contributed by atoms with van der Waals surface area (Å²) in [5, 5.41) is 4.15. The second-order valence-electron chi connectivity index (χ2n) is 6.66. The predicted molar refractivity (Wildman–Crippen MR) is 109 cm³/mol. The molecule has 158 valence electrons. The van der Waals surface area contributed by atoms with Crippen LogP contribution in [0.15, 0.2) is 71.9 Å². The van der Waals surface area contributed by atoms with Crippen LogP contribution in [-0.4, -0.2) is 42.1 Å². The number of benzene rings is 2. The highest BCUT2D eigenvalue weighted by Gasteiger charge is 2.20. The van der Waals surface area contributed by atoms with Gasteiger partial charge in [-0.25, -0.2) is 21.8 Å². The molecule has 0 spiro atoms. The lowest BCUT2D eigenvalue weighted by Crippen LogP contribution is -2.28. The highest BCUT2D eigenvalue weighted by atomic mass is 32.2. The van der Waals surface area contributed by atoms with E-state index in [2.05, 4.69) is 5.10 Å². The maximum Gasteiger partial charge on any atom is 0.306 e. The highest BCUT2D eigenvalue weighted by Crippen LogP contribution is 2.15. The van der Waals surface area contributed by atoms with Crippen LogP contribution in [0.5, 0.6) is 0 Å². The lowest BCUT2D eigenvalue weighted by Gasteiger charge is -2.17. The van der Waals surface area contributed by atoms with E-state index >= 15 is 0 Å². The fourth-order valence-electron chi connectivity index (χ4n) is 2.76. The summed E-state index contributed by atoms with van der Waals surface area (Å²) in [5.74, 6) is -0.908. The van der Waals surface area contributed by atoms with Crippen molar-refractivity contribution in [2.75, 3.05) is 13.6 Å². The quantitative estimate of drug-likeness (QED) is 0.486. The minimum atomic E-state index is -3.72. The summed E-state index contributed by atoms with van der Waals surface area (Å²) >= 11 is 0. The van der Waals surface area contributed by atoms with Crippen LogP contribution in [0.25, 0.3) is 5.69 Å². The van der Waals surface area contributed by atoms with Crippen LogP contribution >= 0.6 is 0 Å². The first-order valence-electron chi connectivity index (χ1n) is 9.33. The van der Waals surface area contributed by atoms with Crippen molar-refractivity contribution in [2.45, 2.75) is 24.3 Å². The molecule has 0 aliphatic heterocycles. The van der Waals surface area contributed by atoms with E-state index in [1.54, 1.807) is 10.9 Å².